The molecule has 0 fully saturated rings. The van der Waals surface area contributed by atoms with Gasteiger partial charge in [0.25, 0.3) is 5.91 Å². The van der Waals surface area contributed by atoms with Crippen molar-refractivity contribution >= 4 is 34.4 Å². The first-order valence-corrected chi connectivity index (χ1v) is 10.00. The van der Waals surface area contributed by atoms with E-state index in [1.165, 1.54) is 4.68 Å². The summed E-state index contributed by atoms with van der Waals surface area (Å²) in [6.07, 6.45) is 1.62. The van der Waals surface area contributed by atoms with Gasteiger partial charge in [-0.2, -0.15) is 5.10 Å². The molecule has 3 aromatic rings. The van der Waals surface area contributed by atoms with Crippen LogP contribution >= 0.6 is 11.6 Å². The minimum Gasteiger partial charge on any atom is -0.462 e. The summed E-state index contributed by atoms with van der Waals surface area (Å²) in [4.78, 5) is 29.7. The number of ether oxygens (including phenoxy) is 2. The van der Waals surface area contributed by atoms with Gasteiger partial charge in [-0.25, -0.2) is 9.78 Å². The van der Waals surface area contributed by atoms with Crippen molar-refractivity contribution in [3.63, 3.8) is 0 Å². The first-order chi connectivity index (χ1) is 14.5. The van der Waals surface area contributed by atoms with E-state index in [4.69, 9.17) is 21.1 Å². The lowest BCUT2D eigenvalue weighted by atomic mass is 10.00. The number of benzene rings is 1. The zero-order chi connectivity index (χ0) is 21.7. The molecule has 8 nitrogen and oxygen atoms in total. The second-order valence-corrected chi connectivity index (χ2v) is 6.76. The number of halogens is 1. The van der Waals surface area contributed by atoms with Gasteiger partial charge in [0, 0.05) is 31.1 Å². The molecule has 0 radical (unpaired) electrons. The average molecular weight is 431 g/mol. The van der Waals surface area contributed by atoms with Crippen molar-refractivity contribution in [2.75, 3.05) is 26.4 Å². The third-order valence-electron chi connectivity index (χ3n) is 4.46. The number of hydrogen-bond donors (Lipinski definition) is 1. The lowest BCUT2D eigenvalue weighted by Gasteiger charge is -2.12. The molecule has 0 unspecified atom stereocenters. The molecule has 2 aromatic heterocycles. The number of esters is 1. The molecule has 0 saturated carbocycles. The Morgan fingerprint density at radius 2 is 2.00 bits per heavy atom. The Bertz CT molecular complexity index is 1080. The van der Waals surface area contributed by atoms with E-state index in [2.05, 4.69) is 15.4 Å². The van der Waals surface area contributed by atoms with Crippen molar-refractivity contribution in [3.8, 4) is 11.1 Å². The summed E-state index contributed by atoms with van der Waals surface area (Å²) in [7, 11) is 1.72. The summed E-state index contributed by atoms with van der Waals surface area (Å²) in [6, 6.07) is 6.83. The molecule has 2 heterocycles. The molecule has 9 heteroatoms. The summed E-state index contributed by atoms with van der Waals surface area (Å²) in [5, 5.41) is 8.04. The van der Waals surface area contributed by atoms with Crippen molar-refractivity contribution < 1.29 is 19.1 Å². The normalized spacial score (nSPS) is 10.9. The topological polar surface area (TPSA) is 95.3 Å². The number of para-hydroxylation sites is 1. The van der Waals surface area contributed by atoms with E-state index in [9.17, 15) is 9.59 Å². The third kappa shape index (κ3) is 4.44. The first kappa shape index (κ1) is 21.7. The molecule has 158 valence electrons. The molecule has 1 aromatic carbocycles. The summed E-state index contributed by atoms with van der Waals surface area (Å²) in [5.41, 5.74) is 2.09. The molecule has 0 saturated heterocycles. The van der Waals surface area contributed by atoms with E-state index >= 15 is 0 Å². The number of nitrogens with zero attached hydrogens (tertiary/aromatic N) is 3. The molecule has 0 spiro atoms. The van der Waals surface area contributed by atoms with Gasteiger partial charge >= 0.3 is 5.97 Å². The number of carbonyl (C=O) groups excluding carboxylic acids is 2. The summed E-state index contributed by atoms with van der Waals surface area (Å²) in [5.74, 6) is -0.885. The Labute approximate surface area is 179 Å². The third-order valence-corrected chi connectivity index (χ3v) is 4.91. The standard InChI is InChI=1S/C21H23ClN4O4/c1-4-29-10-9-23-20(27)17-11-15(16-12-24-26(3)19(16)22)13-7-6-8-14(18(13)25-17)21(28)30-5-2/h6-8,11-12H,4-5,9-10H2,1-3H3,(H,23,27). The molecule has 0 aliphatic carbocycles. The highest BCUT2D eigenvalue weighted by molar-refractivity contribution is 6.32. The Hall–Kier alpha value is -2.97. The molecule has 0 aliphatic heterocycles. The first-order valence-electron chi connectivity index (χ1n) is 9.62. The maximum Gasteiger partial charge on any atom is 0.340 e. The lowest BCUT2D eigenvalue weighted by Crippen LogP contribution is -2.28. The van der Waals surface area contributed by atoms with Crippen LogP contribution in [0.15, 0.2) is 30.5 Å². The second kappa shape index (κ2) is 9.69. The van der Waals surface area contributed by atoms with E-state index < -0.39 is 5.97 Å². The van der Waals surface area contributed by atoms with Crippen LogP contribution in [0, 0.1) is 0 Å². The maximum atomic E-state index is 12.7. The molecular formula is C21H23ClN4O4. The van der Waals surface area contributed by atoms with Crippen LogP contribution in [0.1, 0.15) is 34.7 Å². The van der Waals surface area contributed by atoms with Crippen molar-refractivity contribution in [3.05, 3.63) is 46.9 Å². The van der Waals surface area contributed by atoms with Crippen LogP contribution in [0.5, 0.6) is 0 Å². The van der Waals surface area contributed by atoms with E-state index in [0.717, 1.165) is 0 Å². The van der Waals surface area contributed by atoms with Crippen LogP contribution in [0.25, 0.3) is 22.0 Å². The van der Waals surface area contributed by atoms with Gasteiger partial charge in [0.1, 0.15) is 10.8 Å². The van der Waals surface area contributed by atoms with Gasteiger partial charge in [0.2, 0.25) is 0 Å². The highest BCUT2D eigenvalue weighted by Gasteiger charge is 2.20. The fourth-order valence-corrected chi connectivity index (χ4v) is 3.23. The van der Waals surface area contributed by atoms with E-state index in [0.29, 0.717) is 46.9 Å². The SMILES string of the molecule is CCOCCNC(=O)c1cc(-c2cnn(C)c2Cl)c2cccc(C(=O)OCC)c2n1. The number of fused-ring (bicyclic) bond motifs is 1. The number of hydrogen-bond acceptors (Lipinski definition) is 6. The smallest absolute Gasteiger partial charge is 0.340 e. The van der Waals surface area contributed by atoms with Gasteiger partial charge < -0.3 is 14.8 Å². The highest BCUT2D eigenvalue weighted by Crippen LogP contribution is 2.34. The van der Waals surface area contributed by atoms with Gasteiger partial charge in [-0.3, -0.25) is 9.48 Å². The number of carbonyl (C=O) groups is 2. The zero-order valence-corrected chi connectivity index (χ0v) is 17.8. The van der Waals surface area contributed by atoms with E-state index in [1.807, 2.05) is 13.0 Å². The maximum absolute atomic E-state index is 12.7. The fourth-order valence-electron chi connectivity index (χ4n) is 3.04. The van der Waals surface area contributed by atoms with Crippen molar-refractivity contribution in [1.29, 1.82) is 0 Å². The predicted molar refractivity (Wildman–Crippen MR) is 114 cm³/mol. The Morgan fingerprint density at radius 1 is 1.20 bits per heavy atom. The second-order valence-electron chi connectivity index (χ2n) is 6.40. The van der Waals surface area contributed by atoms with Crippen LogP contribution in [-0.4, -0.2) is 53.0 Å². The molecule has 3 rings (SSSR count). The monoisotopic (exact) mass is 430 g/mol. The van der Waals surface area contributed by atoms with Crippen LogP contribution in [0.2, 0.25) is 5.15 Å². The molecular weight excluding hydrogens is 408 g/mol. The number of pyridine rings is 1. The van der Waals surface area contributed by atoms with Gasteiger partial charge in [-0.05, 0) is 31.5 Å². The lowest BCUT2D eigenvalue weighted by molar-refractivity contribution is 0.0528. The summed E-state index contributed by atoms with van der Waals surface area (Å²) < 4.78 is 11.9. The Balaban J connectivity index is 2.15. The molecule has 1 amide bonds. The minimum absolute atomic E-state index is 0.158. The van der Waals surface area contributed by atoms with Crippen LogP contribution in [0.3, 0.4) is 0 Å². The van der Waals surface area contributed by atoms with Crippen LogP contribution in [-0.2, 0) is 16.5 Å². The largest absolute Gasteiger partial charge is 0.462 e. The quantitative estimate of drug-likeness (QED) is 0.435. The highest BCUT2D eigenvalue weighted by atomic mass is 35.5. The van der Waals surface area contributed by atoms with Gasteiger partial charge in [-0.1, -0.05) is 23.7 Å². The van der Waals surface area contributed by atoms with E-state index in [1.54, 1.807) is 38.4 Å². The van der Waals surface area contributed by atoms with Crippen LogP contribution in [0.4, 0.5) is 0 Å². The Kier molecular flexibility index (Phi) is 7.02. The molecule has 1 N–H and O–H groups in total. The number of rotatable bonds is 8. The molecule has 30 heavy (non-hydrogen) atoms. The number of amides is 1. The number of aromatic nitrogens is 3. The zero-order valence-electron chi connectivity index (χ0n) is 17.1. The molecule has 0 bridgehead atoms. The van der Waals surface area contributed by atoms with Gasteiger partial charge in [-0.15, -0.1) is 0 Å². The fraction of sp³-hybridized carbons (Fsp3) is 0.333. The minimum atomic E-state index is -0.507. The molecule has 0 atom stereocenters. The van der Waals surface area contributed by atoms with Crippen molar-refractivity contribution in [2.24, 2.45) is 7.05 Å². The van der Waals surface area contributed by atoms with Crippen LogP contribution < -0.4 is 5.32 Å². The van der Waals surface area contributed by atoms with Gasteiger partial charge in [0.15, 0.2) is 0 Å². The van der Waals surface area contributed by atoms with Crippen molar-refractivity contribution in [1.82, 2.24) is 20.1 Å². The van der Waals surface area contributed by atoms with Gasteiger partial charge in [0.05, 0.1) is 30.5 Å². The number of nitrogens with one attached hydrogen (secondary N) is 1. The van der Waals surface area contributed by atoms with E-state index in [-0.39, 0.29) is 23.8 Å². The molecule has 0 aliphatic rings. The summed E-state index contributed by atoms with van der Waals surface area (Å²) >= 11 is 6.42. The van der Waals surface area contributed by atoms with Crippen molar-refractivity contribution in [2.45, 2.75) is 13.8 Å². The average Bonchev–Trinajstić information content (AvgIpc) is 3.08. The predicted octanol–water partition coefficient (Wildman–Crippen LogP) is 3.23. The summed E-state index contributed by atoms with van der Waals surface area (Å²) in [6.45, 7) is 5.15. The number of aryl methyl sites for hydroxylation is 1. The Morgan fingerprint density at radius 3 is 2.67 bits per heavy atom.